The Balaban J connectivity index is 1.98. The summed E-state index contributed by atoms with van der Waals surface area (Å²) in [5.74, 6) is 1.64. The maximum atomic E-state index is 11.1. The Hall–Kier alpha value is -1.91. The molecule has 0 spiro atoms. The Morgan fingerprint density at radius 3 is 2.80 bits per heavy atom. The van der Waals surface area contributed by atoms with Crippen LogP contribution >= 0.6 is 0 Å². The molecule has 5 nitrogen and oxygen atoms in total. The minimum absolute atomic E-state index is 0.190. The van der Waals surface area contributed by atoms with Gasteiger partial charge in [-0.25, -0.2) is 4.79 Å². The molecular weight excluding hydrogens is 256 g/mol. The molecule has 1 aromatic rings. The third kappa shape index (κ3) is 2.28. The summed E-state index contributed by atoms with van der Waals surface area (Å²) in [6.07, 6.45) is 1.48. The van der Waals surface area contributed by atoms with Crippen molar-refractivity contribution in [1.82, 2.24) is 5.32 Å². The normalized spacial score (nSPS) is 28.2. The van der Waals surface area contributed by atoms with Gasteiger partial charge in [-0.1, -0.05) is 6.92 Å². The Kier molecular flexibility index (Phi) is 3.20. The van der Waals surface area contributed by atoms with E-state index >= 15 is 0 Å². The van der Waals surface area contributed by atoms with Gasteiger partial charge in [-0.2, -0.15) is 0 Å². The first-order chi connectivity index (χ1) is 9.60. The lowest BCUT2D eigenvalue weighted by molar-refractivity contribution is 0.181. The molecule has 0 radical (unpaired) electrons. The molecule has 1 fully saturated rings. The van der Waals surface area contributed by atoms with Crippen LogP contribution in [0.2, 0.25) is 0 Å². The van der Waals surface area contributed by atoms with Crippen LogP contribution in [0.1, 0.15) is 31.4 Å². The molecular formula is C15H20N2O3. The summed E-state index contributed by atoms with van der Waals surface area (Å²) in [5, 5.41) is 15.4. The van der Waals surface area contributed by atoms with E-state index < -0.39 is 6.09 Å². The summed E-state index contributed by atoms with van der Waals surface area (Å²) in [5.41, 5.74) is 1.98. The second-order valence-corrected chi connectivity index (χ2v) is 5.75. The van der Waals surface area contributed by atoms with E-state index in [1.807, 2.05) is 18.2 Å². The number of carboxylic acid groups (broad SMARTS) is 1. The quantitative estimate of drug-likeness (QED) is 0.794. The minimum Gasteiger partial charge on any atom is -0.497 e. The highest BCUT2D eigenvalue weighted by Crippen LogP contribution is 2.46. The van der Waals surface area contributed by atoms with Crippen molar-refractivity contribution < 1.29 is 14.6 Å². The molecule has 3 rings (SSSR count). The number of nitrogens with one attached hydrogen (secondary N) is 2. The summed E-state index contributed by atoms with van der Waals surface area (Å²) in [6, 6.07) is 5.95. The van der Waals surface area contributed by atoms with E-state index in [9.17, 15) is 4.79 Å². The number of fused-ring (bicyclic) bond motifs is 1. The molecule has 1 heterocycles. The zero-order valence-corrected chi connectivity index (χ0v) is 11.7. The van der Waals surface area contributed by atoms with E-state index in [1.165, 1.54) is 12.8 Å². The molecule has 0 saturated heterocycles. The average molecular weight is 276 g/mol. The third-order valence-electron chi connectivity index (χ3n) is 4.42. The van der Waals surface area contributed by atoms with Gasteiger partial charge in [0.2, 0.25) is 0 Å². The predicted molar refractivity (Wildman–Crippen MR) is 76.2 cm³/mol. The first kappa shape index (κ1) is 13.1. The van der Waals surface area contributed by atoms with Gasteiger partial charge in [0, 0.05) is 23.2 Å². The van der Waals surface area contributed by atoms with Gasteiger partial charge in [0.1, 0.15) is 5.75 Å². The zero-order chi connectivity index (χ0) is 14.3. The topological polar surface area (TPSA) is 70.6 Å². The molecule has 108 valence electrons. The van der Waals surface area contributed by atoms with Crippen molar-refractivity contribution in [3.05, 3.63) is 23.8 Å². The molecule has 1 aromatic carbocycles. The average Bonchev–Trinajstić information content (AvgIpc) is 3.25. The van der Waals surface area contributed by atoms with Crippen LogP contribution in [0, 0.1) is 11.8 Å². The van der Waals surface area contributed by atoms with Gasteiger partial charge in [0.25, 0.3) is 0 Å². The predicted octanol–water partition coefficient (Wildman–Crippen LogP) is 2.84. The van der Waals surface area contributed by atoms with E-state index in [4.69, 9.17) is 9.84 Å². The van der Waals surface area contributed by atoms with E-state index in [0.717, 1.165) is 17.0 Å². The number of hydrogen-bond donors (Lipinski definition) is 3. The summed E-state index contributed by atoms with van der Waals surface area (Å²) in [4.78, 5) is 11.1. The van der Waals surface area contributed by atoms with Gasteiger partial charge in [-0.15, -0.1) is 0 Å². The molecule has 0 bridgehead atoms. The minimum atomic E-state index is -0.980. The molecule has 0 unspecified atom stereocenters. The lowest BCUT2D eigenvalue weighted by Gasteiger charge is -2.39. The van der Waals surface area contributed by atoms with Crippen molar-refractivity contribution in [2.45, 2.75) is 31.8 Å². The Labute approximate surface area is 118 Å². The van der Waals surface area contributed by atoms with Crippen molar-refractivity contribution in [2.24, 2.45) is 11.8 Å². The monoisotopic (exact) mass is 276 g/mol. The highest BCUT2D eigenvalue weighted by molar-refractivity contribution is 5.68. The first-order valence-corrected chi connectivity index (χ1v) is 7.04. The van der Waals surface area contributed by atoms with Crippen LogP contribution in [0.3, 0.4) is 0 Å². The molecule has 3 N–H and O–H groups in total. The summed E-state index contributed by atoms with van der Waals surface area (Å²) < 4.78 is 5.25. The summed E-state index contributed by atoms with van der Waals surface area (Å²) in [7, 11) is 1.62. The maximum absolute atomic E-state index is 11.1. The van der Waals surface area contributed by atoms with Crippen LogP contribution in [0.5, 0.6) is 5.75 Å². The van der Waals surface area contributed by atoms with Crippen molar-refractivity contribution >= 4 is 11.8 Å². The number of carbonyl (C=O) groups is 1. The second kappa shape index (κ2) is 4.89. The van der Waals surface area contributed by atoms with E-state index in [1.54, 1.807) is 7.11 Å². The second-order valence-electron chi connectivity index (χ2n) is 5.75. The van der Waals surface area contributed by atoms with E-state index in [-0.39, 0.29) is 12.0 Å². The Morgan fingerprint density at radius 1 is 1.45 bits per heavy atom. The highest BCUT2D eigenvalue weighted by atomic mass is 16.5. The van der Waals surface area contributed by atoms with Gasteiger partial charge in [0.15, 0.2) is 0 Å². The SMILES string of the molecule is COc1ccc2c(c1)[C@H](NC(=O)O)[C@H](C)[C@@H](C1CC1)N2. The standard InChI is InChI=1S/C15H20N2O3/c1-8-13(9-3-4-9)16-12-6-5-10(20-2)7-11(12)14(8)17-15(18)19/h5-9,13-14,16-17H,3-4H2,1-2H3,(H,18,19)/t8-,13+,14-/m1/s1. The van der Waals surface area contributed by atoms with Gasteiger partial charge in [-0.05, 0) is 37.0 Å². The van der Waals surface area contributed by atoms with Gasteiger partial charge < -0.3 is 20.5 Å². The molecule has 3 atom stereocenters. The highest BCUT2D eigenvalue weighted by Gasteiger charge is 2.42. The molecule has 1 aliphatic heterocycles. The number of ether oxygens (including phenoxy) is 1. The van der Waals surface area contributed by atoms with Crippen LogP contribution in [0.4, 0.5) is 10.5 Å². The molecule has 1 aliphatic carbocycles. The number of methoxy groups -OCH3 is 1. The molecule has 0 aromatic heterocycles. The van der Waals surface area contributed by atoms with Crippen molar-refractivity contribution in [1.29, 1.82) is 0 Å². The van der Waals surface area contributed by atoms with Gasteiger partial charge in [0.05, 0.1) is 13.2 Å². The smallest absolute Gasteiger partial charge is 0.405 e. The lowest BCUT2D eigenvalue weighted by Crippen LogP contribution is -2.44. The third-order valence-corrected chi connectivity index (χ3v) is 4.42. The maximum Gasteiger partial charge on any atom is 0.405 e. The fraction of sp³-hybridized carbons (Fsp3) is 0.533. The molecule has 1 saturated carbocycles. The first-order valence-electron chi connectivity index (χ1n) is 7.04. The van der Waals surface area contributed by atoms with Crippen LogP contribution in [-0.4, -0.2) is 24.4 Å². The van der Waals surface area contributed by atoms with Gasteiger partial charge in [-0.3, -0.25) is 0 Å². The van der Waals surface area contributed by atoms with Crippen molar-refractivity contribution in [2.75, 3.05) is 12.4 Å². The largest absolute Gasteiger partial charge is 0.497 e. The van der Waals surface area contributed by atoms with Crippen molar-refractivity contribution in [3.63, 3.8) is 0 Å². The van der Waals surface area contributed by atoms with Crippen LogP contribution in [0.15, 0.2) is 18.2 Å². The number of anilines is 1. The lowest BCUT2D eigenvalue weighted by atomic mass is 9.81. The van der Waals surface area contributed by atoms with Crippen LogP contribution < -0.4 is 15.4 Å². The molecule has 5 heteroatoms. The fourth-order valence-electron chi connectivity index (χ4n) is 3.20. The molecule has 2 aliphatic rings. The van der Waals surface area contributed by atoms with E-state index in [2.05, 4.69) is 17.6 Å². The molecule has 20 heavy (non-hydrogen) atoms. The summed E-state index contributed by atoms with van der Waals surface area (Å²) in [6.45, 7) is 2.11. The number of benzene rings is 1. The van der Waals surface area contributed by atoms with Crippen molar-refractivity contribution in [3.8, 4) is 5.75 Å². The Morgan fingerprint density at radius 2 is 2.20 bits per heavy atom. The van der Waals surface area contributed by atoms with Gasteiger partial charge >= 0.3 is 6.09 Å². The number of amides is 1. The zero-order valence-electron chi connectivity index (χ0n) is 11.7. The van der Waals surface area contributed by atoms with E-state index in [0.29, 0.717) is 12.0 Å². The number of hydrogen-bond acceptors (Lipinski definition) is 3. The Bertz CT molecular complexity index is 528. The number of rotatable bonds is 3. The van der Waals surface area contributed by atoms with Crippen LogP contribution in [-0.2, 0) is 0 Å². The van der Waals surface area contributed by atoms with Crippen LogP contribution in [0.25, 0.3) is 0 Å². The summed E-state index contributed by atoms with van der Waals surface area (Å²) >= 11 is 0. The molecule has 1 amide bonds. The fourth-order valence-corrected chi connectivity index (χ4v) is 3.20.